The summed E-state index contributed by atoms with van der Waals surface area (Å²) in [6, 6.07) is 7.53. The Kier molecular flexibility index (Phi) is 4.20. The zero-order valence-electron chi connectivity index (χ0n) is 12.5. The largest absolute Gasteiger partial charge is 0.399 e. The van der Waals surface area contributed by atoms with E-state index >= 15 is 0 Å². The normalized spacial score (nSPS) is 17.2. The highest BCUT2D eigenvalue weighted by Gasteiger charge is 2.24. The summed E-state index contributed by atoms with van der Waals surface area (Å²) in [5.41, 5.74) is 7.35. The molecular weight excluding hydrogens is 264 g/mol. The molecule has 1 aliphatic rings. The Hall–Kier alpha value is -1.88. The van der Waals surface area contributed by atoms with Crippen LogP contribution in [-0.2, 0) is 0 Å². The van der Waals surface area contributed by atoms with Crippen molar-refractivity contribution in [1.29, 1.82) is 0 Å². The lowest BCUT2D eigenvalue weighted by atomic mass is 9.96. The molecular formula is C16H22N4O. The van der Waals surface area contributed by atoms with E-state index in [0.29, 0.717) is 11.8 Å². The van der Waals surface area contributed by atoms with E-state index in [1.807, 2.05) is 24.3 Å². The highest BCUT2D eigenvalue weighted by atomic mass is 16.5. The lowest BCUT2D eigenvalue weighted by Crippen LogP contribution is -2.33. The average molecular weight is 286 g/mol. The topological polar surface area (TPSA) is 68.2 Å². The first kappa shape index (κ1) is 14.1. The van der Waals surface area contributed by atoms with Crippen molar-refractivity contribution in [1.82, 2.24) is 15.0 Å². The third kappa shape index (κ3) is 3.24. The molecule has 1 aromatic heterocycles. The summed E-state index contributed by atoms with van der Waals surface area (Å²) in [5.74, 6) is 1.85. The Morgan fingerprint density at radius 2 is 1.95 bits per heavy atom. The van der Waals surface area contributed by atoms with Crippen molar-refractivity contribution in [3.63, 3.8) is 0 Å². The number of anilines is 1. The third-order valence-electron chi connectivity index (χ3n) is 4.09. The van der Waals surface area contributed by atoms with Crippen LogP contribution in [0.2, 0.25) is 0 Å². The molecule has 1 aliphatic heterocycles. The first-order valence-electron chi connectivity index (χ1n) is 7.68. The van der Waals surface area contributed by atoms with Gasteiger partial charge in [0.25, 0.3) is 5.89 Å². The summed E-state index contributed by atoms with van der Waals surface area (Å²) in [7, 11) is 0. The van der Waals surface area contributed by atoms with Crippen LogP contribution in [0.1, 0.15) is 37.9 Å². The fraction of sp³-hybridized carbons (Fsp3) is 0.500. The lowest BCUT2D eigenvalue weighted by molar-refractivity contribution is 0.208. The van der Waals surface area contributed by atoms with Gasteiger partial charge in [0, 0.05) is 17.2 Å². The van der Waals surface area contributed by atoms with Gasteiger partial charge in [0.1, 0.15) is 0 Å². The van der Waals surface area contributed by atoms with Gasteiger partial charge in [-0.05, 0) is 63.2 Å². The quantitative estimate of drug-likeness (QED) is 0.875. The van der Waals surface area contributed by atoms with Crippen molar-refractivity contribution in [2.75, 3.05) is 25.4 Å². The molecule has 0 saturated carbocycles. The number of nitrogens with two attached hydrogens (primary N) is 1. The molecule has 0 atom stereocenters. The molecule has 21 heavy (non-hydrogen) atoms. The molecule has 0 amide bonds. The number of hydrogen-bond donors (Lipinski definition) is 1. The van der Waals surface area contributed by atoms with Gasteiger partial charge in [-0.1, -0.05) is 12.1 Å². The van der Waals surface area contributed by atoms with Crippen LogP contribution in [0.15, 0.2) is 28.8 Å². The maximum Gasteiger partial charge on any atom is 0.257 e. The summed E-state index contributed by atoms with van der Waals surface area (Å²) < 4.78 is 5.40. The van der Waals surface area contributed by atoms with Crippen molar-refractivity contribution in [3.05, 3.63) is 30.1 Å². The number of piperidine rings is 1. The number of rotatable bonds is 4. The van der Waals surface area contributed by atoms with E-state index in [1.54, 1.807) is 0 Å². The molecule has 2 aromatic rings. The van der Waals surface area contributed by atoms with Crippen molar-refractivity contribution >= 4 is 5.69 Å². The average Bonchev–Trinajstić information content (AvgIpc) is 2.99. The molecule has 2 heterocycles. The smallest absolute Gasteiger partial charge is 0.257 e. The van der Waals surface area contributed by atoms with Gasteiger partial charge < -0.3 is 15.2 Å². The predicted octanol–water partition coefficient (Wildman–Crippen LogP) is 2.91. The van der Waals surface area contributed by atoms with E-state index in [0.717, 1.165) is 43.0 Å². The minimum Gasteiger partial charge on any atom is -0.399 e. The molecule has 0 spiro atoms. The number of nitrogen functional groups attached to an aromatic ring is 1. The fourth-order valence-corrected chi connectivity index (χ4v) is 2.87. The molecule has 1 fully saturated rings. The fourth-order valence-electron chi connectivity index (χ4n) is 2.87. The maximum absolute atomic E-state index is 5.69. The van der Waals surface area contributed by atoms with Crippen molar-refractivity contribution < 1.29 is 4.52 Å². The van der Waals surface area contributed by atoms with Gasteiger partial charge in [-0.2, -0.15) is 4.98 Å². The summed E-state index contributed by atoms with van der Waals surface area (Å²) in [5, 5.41) is 4.17. The molecule has 2 N–H and O–H groups in total. The second-order valence-electron chi connectivity index (χ2n) is 5.70. The van der Waals surface area contributed by atoms with Gasteiger partial charge in [-0.25, -0.2) is 0 Å². The standard InChI is InChI=1S/C16H22N4O/c1-2-9-20-10-7-12(8-11-20)15-18-16(21-19-15)13-3-5-14(17)6-4-13/h3-6,12H,2,7-11,17H2,1H3. The van der Waals surface area contributed by atoms with Crippen molar-refractivity contribution in [3.8, 4) is 11.5 Å². The van der Waals surface area contributed by atoms with Gasteiger partial charge in [0.15, 0.2) is 5.82 Å². The summed E-state index contributed by atoms with van der Waals surface area (Å²) in [4.78, 5) is 7.08. The first-order valence-corrected chi connectivity index (χ1v) is 7.68. The van der Waals surface area contributed by atoms with E-state index < -0.39 is 0 Å². The molecule has 0 radical (unpaired) electrons. The number of hydrogen-bond acceptors (Lipinski definition) is 5. The Labute approximate surface area is 125 Å². The van der Waals surface area contributed by atoms with Crippen LogP contribution in [0.25, 0.3) is 11.5 Å². The second-order valence-corrected chi connectivity index (χ2v) is 5.70. The van der Waals surface area contributed by atoms with E-state index in [-0.39, 0.29) is 0 Å². The van der Waals surface area contributed by atoms with Crippen LogP contribution in [0.3, 0.4) is 0 Å². The van der Waals surface area contributed by atoms with Crippen molar-refractivity contribution in [2.24, 2.45) is 0 Å². The number of aromatic nitrogens is 2. The molecule has 112 valence electrons. The Balaban J connectivity index is 1.67. The minimum atomic E-state index is 0.421. The number of likely N-dealkylation sites (tertiary alicyclic amines) is 1. The SMILES string of the molecule is CCCN1CCC(c2noc(-c3ccc(N)cc3)n2)CC1. The molecule has 0 aliphatic carbocycles. The molecule has 5 nitrogen and oxygen atoms in total. The molecule has 1 aromatic carbocycles. The Bertz CT molecular complexity index is 570. The van der Waals surface area contributed by atoms with E-state index in [9.17, 15) is 0 Å². The molecule has 3 rings (SSSR count). The van der Waals surface area contributed by atoms with Crippen LogP contribution in [-0.4, -0.2) is 34.7 Å². The van der Waals surface area contributed by atoms with E-state index in [4.69, 9.17) is 10.3 Å². The van der Waals surface area contributed by atoms with Gasteiger partial charge in [0.2, 0.25) is 0 Å². The zero-order chi connectivity index (χ0) is 14.7. The summed E-state index contributed by atoms with van der Waals surface area (Å²) in [6.45, 7) is 5.67. The van der Waals surface area contributed by atoms with Crippen LogP contribution in [0.4, 0.5) is 5.69 Å². The van der Waals surface area contributed by atoms with Gasteiger partial charge in [0.05, 0.1) is 0 Å². The van der Waals surface area contributed by atoms with Crippen LogP contribution < -0.4 is 5.73 Å². The highest BCUT2D eigenvalue weighted by Crippen LogP contribution is 2.28. The highest BCUT2D eigenvalue weighted by molar-refractivity contribution is 5.56. The first-order chi connectivity index (χ1) is 10.3. The summed E-state index contributed by atoms with van der Waals surface area (Å²) in [6.07, 6.45) is 3.44. The van der Waals surface area contributed by atoms with Gasteiger partial charge >= 0.3 is 0 Å². The molecule has 0 bridgehead atoms. The van der Waals surface area contributed by atoms with Gasteiger partial charge in [-0.3, -0.25) is 0 Å². The second kappa shape index (κ2) is 6.26. The van der Waals surface area contributed by atoms with Crippen LogP contribution in [0, 0.1) is 0 Å². The van der Waals surface area contributed by atoms with Crippen LogP contribution >= 0.6 is 0 Å². The maximum atomic E-state index is 5.69. The molecule has 0 unspecified atom stereocenters. The monoisotopic (exact) mass is 286 g/mol. The molecule has 5 heteroatoms. The van der Waals surface area contributed by atoms with Crippen LogP contribution in [0.5, 0.6) is 0 Å². The molecule has 1 saturated heterocycles. The van der Waals surface area contributed by atoms with E-state index in [2.05, 4.69) is 22.0 Å². The van der Waals surface area contributed by atoms with Gasteiger partial charge in [-0.15, -0.1) is 0 Å². The number of nitrogens with zero attached hydrogens (tertiary/aromatic N) is 3. The third-order valence-corrected chi connectivity index (χ3v) is 4.09. The lowest BCUT2D eigenvalue weighted by Gasteiger charge is -2.30. The number of benzene rings is 1. The Morgan fingerprint density at radius 3 is 2.62 bits per heavy atom. The summed E-state index contributed by atoms with van der Waals surface area (Å²) >= 11 is 0. The van der Waals surface area contributed by atoms with E-state index in [1.165, 1.54) is 13.0 Å². The Morgan fingerprint density at radius 1 is 1.24 bits per heavy atom. The predicted molar refractivity (Wildman–Crippen MR) is 82.9 cm³/mol. The van der Waals surface area contributed by atoms with Crippen molar-refractivity contribution in [2.45, 2.75) is 32.1 Å². The minimum absolute atomic E-state index is 0.421. The zero-order valence-corrected chi connectivity index (χ0v) is 12.5.